The molecule has 0 amide bonds. The molecule has 6 nitrogen and oxygen atoms in total. The quantitative estimate of drug-likeness (QED) is 0.676. The summed E-state index contributed by atoms with van der Waals surface area (Å²) in [5, 5.41) is 4.57. The highest BCUT2D eigenvalue weighted by molar-refractivity contribution is 5.91. The van der Waals surface area contributed by atoms with Crippen LogP contribution in [0.4, 0.5) is 5.82 Å². The second kappa shape index (κ2) is 7.05. The van der Waals surface area contributed by atoms with Gasteiger partial charge in [0, 0.05) is 12.2 Å². The van der Waals surface area contributed by atoms with E-state index in [9.17, 15) is 0 Å². The highest BCUT2D eigenvalue weighted by Crippen LogP contribution is 2.29. The van der Waals surface area contributed by atoms with Crippen LogP contribution in [0.25, 0.3) is 11.0 Å². The molecule has 0 spiro atoms. The van der Waals surface area contributed by atoms with Crippen molar-refractivity contribution in [3.05, 3.63) is 41.7 Å². The molecule has 0 fully saturated rings. The van der Waals surface area contributed by atoms with Crippen molar-refractivity contribution in [2.45, 2.75) is 26.8 Å². The maximum Gasteiger partial charge on any atom is 0.146 e. The molecule has 0 bridgehead atoms. The van der Waals surface area contributed by atoms with Crippen LogP contribution in [0, 0.1) is 13.8 Å². The summed E-state index contributed by atoms with van der Waals surface area (Å²) in [5.41, 5.74) is 3.36. The number of nitrogens with zero attached hydrogens (tertiary/aromatic N) is 4. The molecule has 24 heavy (non-hydrogen) atoms. The van der Waals surface area contributed by atoms with Crippen molar-refractivity contribution < 1.29 is 4.42 Å². The van der Waals surface area contributed by atoms with Gasteiger partial charge in [-0.25, -0.2) is 9.97 Å². The van der Waals surface area contributed by atoms with Crippen LogP contribution in [0.15, 0.2) is 29.1 Å². The minimum absolute atomic E-state index is 0.681. The summed E-state index contributed by atoms with van der Waals surface area (Å²) in [4.78, 5) is 11.2. The van der Waals surface area contributed by atoms with Crippen LogP contribution < -0.4 is 5.32 Å². The molecule has 0 atom stereocenters. The second-order valence-electron chi connectivity index (χ2n) is 6.38. The van der Waals surface area contributed by atoms with Crippen molar-refractivity contribution in [3.63, 3.8) is 0 Å². The molecule has 0 unspecified atom stereocenters. The molecule has 3 heterocycles. The van der Waals surface area contributed by atoms with Crippen molar-refractivity contribution in [3.8, 4) is 0 Å². The largest absolute Gasteiger partial charge is 0.467 e. The summed E-state index contributed by atoms with van der Waals surface area (Å²) in [6.45, 7) is 6.88. The number of fused-ring (bicyclic) bond motifs is 1. The molecular formula is C18H25N5O. The number of hydrogen-bond acceptors (Lipinski definition) is 5. The highest BCUT2D eigenvalue weighted by atomic mass is 16.3. The lowest BCUT2D eigenvalue weighted by atomic mass is 10.2. The van der Waals surface area contributed by atoms with Crippen molar-refractivity contribution >= 4 is 16.9 Å². The molecule has 3 rings (SSSR count). The predicted octanol–water partition coefficient (Wildman–Crippen LogP) is 3.05. The highest BCUT2D eigenvalue weighted by Gasteiger charge is 2.17. The van der Waals surface area contributed by atoms with Crippen molar-refractivity contribution in [2.75, 3.05) is 32.5 Å². The van der Waals surface area contributed by atoms with Gasteiger partial charge in [-0.1, -0.05) is 0 Å². The average Bonchev–Trinajstić information content (AvgIpc) is 3.15. The molecule has 3 aromatic rings. The second-order valence-corrected chi connectivity index (χ2v) is 6.38. The van der Waals surface area contributed by atoms with Gasteiger partial charge in [0.05, 0.1) is 18.2 Å². The number of nitrogens with one attached hydrogen (secondary N) is 1. The van der Waals surface area contributed by atoms with E-state index in [1.807, 2.05) is 12.1 Å². The third-order valence-corrected chi connectivity index (χ3v) is 4.37. The zero-order chi connectivity index (χ0) is 17.1. The zero-order valence-corrected chi connectivity index (χ0v) is 14.8. The van der Waals surface area contributed by atoms with Crippen LogP contribution in [0.1, 0.15) is 23.4 Å². The normalized spacial score (nSPS) is 11.5. The minimum Gasteiger partial charge on any atom is -0.467 e. The molecule has 0 aliphatic carbocycles. The van der Waals surface area contributed by atoms with Gasteiger partial charge in [0.15, 0.2) is 0 Å². The predicted molar refractivity (Wildman–Crippen MR) is 96.5 cm³/mol. The minimum atomic E-state index is 0.681. The van der Waals surface area contributed by atoms with Crippen LogP contribution in [0.3, 0.4) is 0 Å². The number of aryl methyl sites for hydroxylation is 1. The fraction of sp³-hybridized carbons (Fsp3) is 0.444. The molecule has 0 aromatic carbocycles. The Balaban J connectivity index is 1.89. The number of anilines is 1. The Morgan fingerprint density at radius 1 is 1.25 bits per heavy atom. The first kappa shape index (κ1) is 16.5. The van der Waals surface area contributed by atoms with E-state index >= 15 is 0 Å². The fourth-order valence-corrected chi connectivity index (χ4v) is 2.96. The van der Waals surface area contributed by atoms with Gasteiger partial charge in [0.1, 0.15) is 23.6 Å². The number of hydrogen-bond donors (Lipinski definition) is 1. The van der Waals surface area contributed by atoms with E-state index < -0.39 is 0 Å². The third-order valence-electron chi connectivity index (χ3n) is 4.37. The van der Waals surface area contributed by atoms with Gasteiger partial charge in [0.25, 0.3) is 0 Å². The summed E-state index contributed by atoms with van der Waals surface area (Å²) in [6.07, 6.45) is 4.41. The Hall–Kier alpha value is -2.34. The molecule has 0 saturated heterocycles. The molecule has 128 valence electrons. The Labute approximate surface area is 142 Å². The lowest BCUT2D eigenvalue weighted by Crippen LogP contribution is -2.16. The third kappa shape index (κ3) is 3.28. The molecule has 1 N–H and O–H groups in total. The van der Waals surface area contributed by atoms with Gasteiger partial charge in [0.2, 0.25) is 0 Å². The molecule has 6 heteroatoms. The topological polar surface area (TPSA) is 59.1 Å². The van der Waals surface area contributed by atoms with Crippen molar-refractivity contribution in [1.29, 1.82) is 0 Å². The Kier molecular flexibility index (Phi) is 4.85. The lowest BCUT2D eigenvalue weighted by Gasteiger charge is -2.11. The standard InChI is InChI=1S/C18H25N5O/c1-13-14(2)23(11-15-7-5-10-24-15)18-16(13)17(20-12-21-18)19-8-6-9-22(3)4/h5,7,10,12H,6,8-9,11H2,1-4H3,(H,19,20,21). The van der Waals surface area contributed by atoms with E-state index in [1.165, 1.54) is 11.3 Å². The van der Waals surface area contributed by atoms with Gasteiger partial charge >= 0.3 is 0 Å². The van der Waals surface area contributed by atoms with Gasteiger partial charge in [-0.05, 0) is 58.6 Å². The van der Waals surface area contributed by atoms with Crippen LogP contribution in [0.5, 0.6) is 0 Å². The number of rotatable bonds is 7. The van der Waals surface area contributed by atoms with E-state index in [4.69, 9.17) is 4.42 Å². The van der Waals surface area contributed by atoms with Crippen LogP contribution >= 0.6 is 0 Å². The van der Waals surface area contributed by atoms with Gasteiger partial charge in [-0.2, -0.15) is 0 Å². The molecule has 0 radical (unpaired) electrons. The maximum absolute atomic E-state index is 5.50. The Bertz CT molecular complexity index is 805. The molecule has 0 aliphatic heterocycles. The first-order valence-corrected chi connectivity index (χ1v) is 8.29. The van der Waals surface area contributed by atoms with Crippen molar-refractivity contribution in [2.24, 2.45) is 0 Å². The van der Waals surface area contributed by atoms with E-state index in [1.54, 1.807) is 12.6 Å². The Morgan fingerprint density at radius 3 is 2.79 bits per heavy atom. The lowest BCUT2D eigenvalue weighted by molar-refractivity contribution is 0.405. The molecule has 0 saturated carbocycles. The summed E-state index contributed by atoms with van der Waals surface area (Å²) >= 11 is 0. The van der Waals surface area contributed by atoms with E-state index in [-0.39, 0.29) is 0 Å². The Morgan fingerprint density at radius 2 is 2.08 bits per heavy atom. The first-order valence-electron chi connectivity index (χ1n) is 8.29. The zero-order valence-electron chi connectivity index (χ0n) is 14.8. The summed E-state index contributed by atoms with van der Waals surface area (Å²) in [6, 6.07) is 3.90. The summed E-state index contributed by atoms with van der Waals surface area (Å²) in [7, 11) is 4.18. The monoisotopic (exact) mass is 327 g/mol. The fourth-order valence-electron chi connectivity index (χ4n) is 2.96. The van der Waals surface area contributed by atoms with Crippen LogP contribution in [0.2, 0.25) is 0 Å². The van der Waals surface area contributed by atoms with Gasteiger partial charge in [-0.15, -0.1) is 0 Å². The average molecular weight is 327 g/mol. The van der Waals surface area contributed by atoms with E-state index in [2.05, 4.69) is 52.7 Å². The van der Waals surface area contributed by atoms with Gasteiger partial charge < -0.3 is 19.2 Å². The van der Waals surface area contributed by atoms with Crippen LogP contribution in [-0.2, 0) is 6.54 Å². The maximum atomic E-state index is 5.50. The summed E-state index contributed by atoms with van der Waals surface area (Å²) in [5.74, 6) is 1.84. The number of furan rings is 1. The summed E-state index contributed by atoms with van der Waals surface area (Å²) < 4.78 is 7.69. The van der Waals surface area contributed by atoms with Gasteiger partial charge in [-0.3, -0.25) is 0 Å². The number of aromatic nitrogens is 3. The SMILES string of the molecule is Cc1c(C)n(Cc2ccco2)c2ncnc(NCCCN(C)C)c12. The first-order chi connectivity index (χ1) is 11.6. The van der Waals surface area contributed by atoms with E-state index in [0.29, 0.717) is 6.54 Å². The molecular weight excluding hydrogens is 302 g/mol. The smallest absolute Gasteiger partial charge is 0.146 e. The molecule has 3 aromatic heterocycles. The van der Waals surface area contributed by atoms with Crippen LogP contribution in [-0.4, -0.2) is 46.6 Å². The molecule has 0 aliphatic rings. The van der Waals surface area contributed by atoms with E-state index in [0.717, 1.165) is 42.1 Å². The van der Waals surface area contributed by atoms with Crippen molar-refractivity contribution in [1.82, 2.24) is 19.4 Å².